The molecule has 0 saturated carbocycles. The minimum Gasteiger partial charge on any atom is -0.365 e. The van der Waals surface area contributed by atoms with Crippen LogP contribution in [-0.4, -0.2) is 25.4 Å². The quantitative estimate of drug-likeness (QED) is 0.510. The fourth-order valence-electron chi connectivity index (χ4n) is 2.72. The number of aromatic nitrogens is 3. The summed E-state index contributed by atoms with van der Waals surface area (Å²) < 4.78 is 1.96. The SMILES string of the molecule is Cc1nccn1-c1ccc([C@H](C)Nc2ncc([N+](=O)[O-])cc2C(N)=O)cc1. The number of benzene rings is 1. The van der Waals surface area contributed by atoms with Crippen molar-refractivity contribution in [1.82, 2.24) is 14.5 Å². The Hall–Kier alpha value is -3.75. The van der Waals surface area contributed by atoms with Crippen molar-refractivity contribution in [2.45, 2.75) is 19.9 Å². The van der Waals surface area contributed by atoms with Crippen molar-refractivity contribution in [3.8, 4) is 5.69 Å². The molecule has 1 aromatic carbocycles. The first-order valence-corrected chi connectivity index (χ1v) is 8.18. The number of hydrogen-bond donors (Lipinski definition) is 2. The normalized spacial score (nSPS) is 11.8. The molecule has 0 saturated heterocycles. The summed E-state index contributed by atoms with van der Waals surface area (Å²) in [5.74, 6) is 0.303. The number of pyridine rings is 1. The minimum absolute atomic E-state index is 0.0262. The van der Waals surface area contributed by atoms with Crippen LogP contribution in [0.4, 0.5) is 11.5 Å². The average molecular weight is 366 g/mol. The van der Waals surface area contributed by atoms with Crippen molar-refractivity contribution in [2.24, 2.45) is 5.73 Å². The van der Waals surface area contributed by atoms with E-state index in [1.54, 1.807) is 6.20 Å². The maximum atomic E-state index is 11.6. The van der Waals surface area contributed by atoms with Crippen LogP contribution in [0.15, 0.2) is 48.9 Å². The molecule has 0 aliphatic carbocycles. The molecule has 0 fully saturated rings. The van der Waals surface area contributed by atoms with Crippen LogP contribution >= 0.6 is 0 Å². The molecule has 0 unspecified atom stereocenters. The molecule has 1 atom stereocenters. The summed E-state index contributed by atoms with van der Waals surface area (Å²) in [5.41, 5.74) is 6.95. The number of aryl methyl sites for hydroxylation is 1. The van der Waals surface area contributed by atoms with E-state index in [1.807, 2.05) is 48.9 Å². The third-order valence-corrected chi connectivity index (χ3v) is 4.20. The van der Waals surface area contributed by atoms with Gasteiger partial charge in [-0.15, -0.1) is 0 Å². The predicted molar refractivity (Wildman–Crippen MR) is 99.7 cm³/mol. The van der Waals surface area contributed by atoms with Crippen molar-refractivity contribution in [2.75, 3.05) is 5.32 Å². The first-order chi connectivity index (χ1) is 12.9. The average Bonchev–Trinajstić information content (AvgIpc) is 3.07. The monoisotopic (exact) mass is 366 g/mol. The molecular formula is C18H18N6O3. The van der Waals surface area contributed by atoms with E-state index in [4.69, 9.17) is 5.73 Å². The second kappa shape index (κ2) is 7.24. The van der Waals surface area contributed by atoms with E-state index < -0.39 is 10.8 Å². The third-order valence-electron chi connectivity index (χ3n) is 4.20. The van der Waals surface area contributed by atoms with Gasteiger partial charge in [0, 0.05) is 30.2 Å². The fourth-order valence-corrected chi connectivity index (χ4v) is 2.72. The number of carbonyl (C=O) groups excluding carboxylic acids is 1. The molecule has 1 amide bonds. The zero-order valence-corrected chi connectivity index (χ0v) is 14.8. The molecule has 3 rings (SSSR count). The summed E-state index contributed by atoms with van der Waals surface area (Å²) in [5, 5.41) is 14.0. The molecular weight excluding hydrogens is 348 g/mol. The summed E-state index contributed by atoms with van der Waals surface area (Å²) in [6, 6.07) is 8.73. The van der Waals surface area contributed by atoms with E-state index in [0.29, 0.717) is 0 Å². The Balaban J connectivity index is 1.83. The molecule has 138 valence electrons. The first-order valence-electron chi connectivity index (χ1n) is 8.18. The second-order valence-electron chi connectivity index (χ2n) is 6.01. The molecule has 0 aliphatic rings. The van der Waals surface area contributed by atoms with Gasteiger partial charge in [0.1, 0.15) is 17.8 Å². The van der Waals surface area contributed by atoms with Crippen LogP contribution in [0, 0.1) is 17.0 Å². The smallest absolute Gasteiger partial charge is 0.288 e. The van der Waals surface area contributed by atoms with Gasteiger partial charge in [0.25, 0.3) is 11.6 Å². The molecule has 9 nitrogen and oxygen atoms in total. The zero-order chi connectivity index (χ0) is 19.6. The molecule has 0 aliphatic heterocycles. The number of primary amides is 1. The highest BCUT2D eigenvalue weighted by atomic mass is 16.6. The van der Waals surface area contributed by atoms with Crippen LogP contribution in [0.1, 0.15) is 34.7 Å². The Kier molecular flexibility index (Phi) is 4.84. The Labute approximate surface area is 155 Å². The largest absolute Gasteiger partial charge is 0.365 e. The van der Waals surface area contributed by atoms with Gasteiger partial charge in [-0.1, -0.05) is 12.1 Å². The van der Waals surface area contributed by atoms with Gasteiger partial charge in [-0.25, -0.2) is 9.97 Å². The summed E-state index contributed by atoms with van der Waals surface area (Å²) in [6.07, 6.45) is 4.71. The molecule has 27 heavy (non-hydrogen) atoms. The van der Waals surface area contributed by atoms with E-state index in [9.17, 15) is 14.9 Å². The first kappa shape index (κ1) is 18.1. The summed E-state index contributed by atoms with van der Waals surface area (Å²) in [7, 11) is 0. The van der Waals surface area contributed by atoms with Gasteiger partial charge in [0.2, 0.25) is 0 Å². The van der Waals surface area contributed by atoms with Crippen molar-refractivity contribution in [3.05, 3.63) is 76.0 Å². The minimum atomic E-state index is -0.785. The lowest BCUT2D eigenvalue weighted by Crippen LogP contribution is -2.17. The molecule has 3 aromatic rings. The highest BCUT2D eigenvalue weighted by Gasteiger charge is 2.18. The van der Waals surface area contributed by atoms with E-state index in [1.165, 1.54) is 0 Å². The number of carbonyl (C=O) groups is 1. The van der Waals surface area contributed by atoms with Crippen LogP contribution < -0.4 is 11.1 Å². The van der Waals surface area contributed by atoms with Gasteiger partial charge in [-0.3, -0.25) is 14.9 Å². The van der Waals surface area contributed by atoms with Gasteiger partial charge < -0.3 is 15.6 Å². The number of anilines is 1. The molecule has 0 bridgehead atoms. The molecule has 3 N–H and O–H groups in total. The van der Waals surface area contributed by atoms with E-state index in [0.717, 1.165) is 29.3 Å². The van der Waals surface area contributed by atoms with Crippen LogP contribution in [0.3, 0.4) is 0 Å². The maximum absolute atomic E-state index is 11.6. The summed E-state index contributed by atoms with van der Waals surface area (Å²) in [4.78, 5) is 30.1. The van der Waals surface area contributed by atoms with Gasteiger partial charge in [-0.2, -0.15) is 0 Å². The third kappa shape index (κ3) is 3.76. The standard InChI is InChI=1S/C18H18N6O3/c1-11(13-3-5-14(6-4-13)23-8-7-20-12(23)2)22-18-16(17(19)25)9-15(10-21-18)24(26)27/h3-11H,1-2H3,(H2,19,25)(H,21,22)/t11-/m0/s1. The van der Waals surface area contributed by atoms with Gasteiger partial charge in [-0.05, 0) is 31.5 Å². The molecule has 9 heteroatoms. The van der Waals surface area contributed by atoms with Crippen molar-refractivity contribution < 1.29 is 9.72 Å². The van der Waals surface area contributed by atoms with E-state index >= 15 is 0 Å². The number of nitrogens with two attached hydrogens (primary N) is 1. The van der Waals surface area contributed by atoms with Gasteiger partial charge in [0.05, 0.1) is 10.5 Å². The second-order valence-corrected chi connectivity index (χ2v) is 6.01. The van der Waals surface area contributed by atoms with Crippen molar-refractivity contribution in [3.63, 3.8) is 0 Å². The van der Waals surface area contributed by atoms with Gasteiger partial charge in [0.15, 0.2) is 0 Å². The topological polar surface area (TPSA) is 129 Å². The van der Waals surface area contributed by atoms with Crippen LogP contribution in [0.2, 0.25) is 0 Å². The number of imidazole rings is 1. The highest BCUT2D eigenvalue weighted by molar-refractivity contribution is 5.98. The molecule has 2 heterocycles. The summed E-state index contributed by atoms with van der Waals surface area (Å²) in [6.45, 7) is 3.81. The van der Waals surface area contributed by atoms with Crippen molar-refractivity contribution >= 4 is 17.4 Å². The van der Waals surface area contributed by atoms with Gasteiger partial charge >= 0.3 is 0 Å². The van der Waals surface area contributed by atoms with E-state index in [-0.39, 0.29) is 23.1 Å². The fraction of sp³-hybridized carbons (Fsp3) is 0.167. The zero-order valence-electron chi connectivity index (χ0n) is 14.8. The lowest BCUT2D eigenvalue weighted by molar-refractivity contribution is -0.385. The number of amides is 1. The number of nitro groups is 1. The number of nitrogens with zero attached hydrogens (tertiary/aromatic N) is 4. The Bertz CT molecular complexity index is 997. The van der Waals surface area contributed by atoms with E-state index in [2.05, 4.69) is 15.3 Å². The molecule has 0 spiro atoms. The Morgan fingerprint density at radius 1 is 1.30 bits per heavy atom. The Morgan fingerprint density at radius 3 is 2.56 bits per heavy atom. The van der Waals surface area contributed by atoms with Crippen LogP contribution in [0.5, 0.6) is 0 Å². The Morgan fingerprint density at radius 2 is 2.00 bits per heavy atom. The predicted octanol–water partition coefficient (Wildman–Crippen LogP) is 2.76. The lowest BCUT2D eigenvalue weighted by Gasteiger charge is -2.17. The number of rotatable bonds is 6. The number of hydrogen-bond acceptors (Lipinski definition) is 6. The highest BCUT2D eigenvalue weighted by Crippen LogP contribution is 2.24. The lowest BCUT2D eigenvalue weighted by atomic mass is 10.1. The van der Waals surface area contributed by atoms with Crippen LogP contribution in [-0.2, 0) is 0 Å². The summed E-state index contributed by atoms with van der Waals surface area (Å²) >= 11 is 0. The van der Waals surface area contributed by atoms with Crippen molar-refractivity contribution in [1.29, 1.82) is 0 Å². The number of nitrogens with one attached hydrogen (secondary N) is 1. The molecule has 0 radical (unpaired) electrons. The van der Waals surface area contributed by atoms with Crippen LogP contribution in [0.25, 0.3) is 5.69 Å². The maximum Gasteiger partial charge on any atom is 0.288 e. The molecule has 2 aromatic heterocycles.